The van der Waals surface area contributed by atoms with Crippen molar-refractivity contribution in [2.75, 3.05) is 0 Å². The lowest BCUT2D eigenvalue weighted by Gasteiger charge is -2.18. The number of ketones is 1. The lowest BCUT2D eigenvalue weighted by Crippen LogP contribution is -2.13. The zero-order valence-electron chi connectivity index (χ0n) is 11.5. The fraction of sp³-hybridized carbons (Fsp3) is 0.176. The molecule has 5 nitrogen and oxygen atoms in total. The van der Waals surface area contributed by atoms with E-state index in [0.717, 1.165) is 0 Å². The minimum Gasteiger partial charge on any atom is -0.507 e. The Morgan fingerprint density at radius 3 is 2.59 bits per heavy atom. The third-order valence-electron chi connectivity index (χ3n) is 4.18. The van der Waals surface area contributed by atoms with Gasteiger partial charge >= 0.3 is 0 Å². The Morgan fingerprint density at radius 1 is 1.00 bits per heavy atom. The van der Waals surface area contributed by atoms with E-state index in [-0.39, 0.29) is 33.8 Å². The molecular formula is C17H12O5. The molecule has 0 bridgehead atoms. The van der Waals surface area contributed by atoms with E-state index < -0.39 is 5.43 Å². The maximum atomic E-state index is 12.6. The average Bonchev–Trinajstić information content (AvgIpc) is 2.52. The van der Waals surface area contributed by atoms with E-state index in [1.165, 1.54) is 0 Å². The molecule has 2 N–H and O–H groups in total. The summed E-state index contributed by atoms with van der Waals surface area (Å²) in [5, 5.41) is 21.1. The number of phenols is 2. The molecule has 0 saturated carbocycles. The first kappa shape index (κ1) is 12.9. The smallest absolute Gasteiger partial charge is 0.204 e. The third-order valence-corrected chi connectivity index (χ3v) is 4.18. The number of hydrogen-bond donors (Lipinski definition) is 2. The number of aromatic hydroxyl groups is 2. The quantitative estimate of drug-likeness (QED) is 0.492. The predicted octanol–water partition coefficient (Wildman–Crippen LogP) is 2.88. The first-order valence-corrected chi connectivity index (χ1v) is 7.05. The molecule has 0 aliphatic heterocycles. The van der Waals surface area contributed by atoms with Crippen molar-refractivity contribution in [3.8, 4) is 11.5 Å². The van der Waals surface area contributed by atoms with Crippen molar-refractivity contribution in [2.24, 2.45) is 0 Å². The summed E-state index contributed by atoms with van der Waals surface area (Å²) in [5.41, 5.74) is 0.178. The van der Waals surface area contributed by atoms with E-state index in [1.807, 2.05) is 0 Å². The Bertz CT molecular complexity index is 1010. The number of hydrogen-bond acceptors (Lipinski definition) is 5. The van der Waals surface area contributed by atoms with Crippen molar-refractivity contribution in [3.63, 3.8) is 0 Å². The molecule has 0 radical (unpaired) electrons. The Labute approximate surface area is 124 Å². The van der Waals surface area contributed by atoms with Crippen LogP contribution in [0.15, 0.2) is 33.5 Å². The van der Waals surface area contributed by atoms with Crippen molar-refractivity contribution in [1.82, 2.24) is 0 Å². The van der Waals surface area contributed by atoms with Crippen LogP contribution >= 0.6 is 0 Å². The van der Waals surface area contributed by atoms with Gasteiger partial charge in [0.25, 0.3) is 0 Å². The Morgan fingerprint density at radius 2 is 1.77 bits per heavy atom. The molecule has 0 fully saturated rings. The second-order valence-electron chi connectivity index (χ2n) is 5.46. The van der Waals surface area contributed by atoms with Crippen molar-refractivity contribution in [1.29, 1.82) is 0 Å². The molecule has 5 heteroatoms. The molecule has 0 saturated heterocycles. The highest BCUT2D eigenvalue weighted by molar-refractivity contribution is 6.09. The van der Waals surface area contributed by atoms with Crippen LogP contribution < -0.4 is 5.43 Å². The molecular weight excluding hydrogens is 284 g/mol. The molecule has 22 heavy (non-hydrogen) atoms. The average molecular weight is 296 g/mol. The highest BCUT2D eigenvalue weighted by Crippen LogP contribution is 2.42. The van der Waals surface area contributed by atoms with Crippen molar-refractivity contribution in [3.05, 3.63) is 45.6 Å². The summed E-state index contributed by atoms with van der Waals surface area (Å²) in [7, 11) is 0. The molecule has 2 aromatic carbocycles. The number of fused-ring (bicyclic) bond motifs is 3. The van der Waals surface area contributed by atoms with Gasteiger partial charge in [-0.15, -0.1) is 0 Å². The molecule has 0 unspecified atom stereocenters. The Kier molecular flexibility index (Phi) is 2.54. The molecule has 110 valence electrons. The van der Waals surface area contributed by atoms with E-state index >= 15 is 0 Å². The lowest BCUT2D eigenvalue weighted by molar-refractivity contribution is 0.0969. The number of carbonyl (C=O) groups is 1. The summed E-state index contributed by atoms with van der Waals surface area (Å²) < 4.78 is 5.59. The molecule has 3 aromatic rings. The minimum atomic E-state index is -0.412. The third kappa shape index (κ3) is 1.53. The van der Waals surface area contributed by atoms with Gasteiger partial charge in [-0.2, -0.15) is 0 Å². The summed E-state index contributed by atoms with van der Waals surface area (Å²) in [6.45, 7) is 0. The summed E-state index contributed by atoms with van der Waals surface area (Å²) >= 11 is 0. The highest BCUT2D eigenvalue weighted by Gasteiger charge is 2.29. The van der Waals surface area contributed by atoms with Crippen LogP contribution in [0.1, 0.15) is 28.8 Å². The van der Waals surface area contributed by atoms with Crippen LogP contribution in [0.25, 0.3) is 21.9 Å². The topological polar surface area (TPSA) is 87.7 Å². The number of benzene rings is 2. The first-order chi connectivity index (χ1) is 10.6. The lowest BCUT2D eigenvalue weighted by atomic mass is 9.87. The van der Waals surface area contributed by atoms with E-state index in [1.54, 1.807) is 24.3 Å². The van der Waals surface area contributed by atoms with E-state index in [2.05, 4.69) is 0 Å². The van der Waals surface area contributed by atoms with Crippen molar-refractivity contribution < 1.29 is 19.4 Å². The number of carbonyl (C=O) groups excluding carboxylic acids is 1. The van der Waals surface area contributed by atoms with Gasteiger partial charge in [0.15, 0.2) is 17.1 Å². The van der Waals surface area contributed by atoms with E-state index in [9.17, 15) is 19.8 Å². The molecule has 1 aliphatic carbocycles. The predicted molar refractivity (Wildman–Crippen MR) is 80.6 cm³/mol. The zero-order valence-corrected chi connectivity index (χ0v) is 11.5. The summed E-state index contributed by atoms with van der Waals surface area (Å²) in [6, 6.07) is 6.61. The highest BCUT2D eigenvalue weighted by atomic mass is 16.4. The van der Waals surface area contributed by atoms with Crippen LogP contribution in [-0.4, -0.2) is 16.0 Å². The van der Waals surface area contributed by atoms with Crippen LogP contribution in [0, 0.1) is 0 Å². The largest absolute Gasteiger partial charge is 0.507 e. The van der Waals surface area contributed by atoms with Crippen LogP contribution in [0.5, 0.6) is 11.5 Å². The molecule has 0 spiro atoms. The van der Waals surface area contributed by atoms with E-state index in [4.69, 9.17) is 4.42 Å². The van der Waals surface area contributed by atoms with E-state index in [0.29, 0.717) is 35.8 Å². The van der Waals surface area contributed by atoms with Gasteiger partial charge in [0.1, 0.15) is 16.7 Å². The SMILES string of the molecule is O=C1CCCc2c1c(O)c1oc3ccccc3c(=O)c1c2O. The molecule has 1 aliphatic rings. The summed E-state index contributed by atoms with van der Waals surface area (Å²) in [5.74, 6) is -0.850. The molecule has 1 heterocycles. The number of Topliss-reactive ketones (excluding diaryl/α,β-unsaturated/α-hetero) is 1. The van der Waals surface area contributed by atoms with Gasteiger partial charge in [-0.25, -0.2) is 0 Å². The van der Waals surface area contributed by atoms with Gasteiger partial charge in [-0.3, -0.25) is 9.59 Å². The fourth-order valence-corrected chi connectivity index (χ4v) is 3.14. The van der Waals surface area contributed by atoms with Crippen LogP contribution in [0.4, 0.5) is 0 Å². The number of para-hydroxylation sites is 1. The van der Waals surface area contributed by atoms with Crippen molar-refractivity contribution >= 4 is 27.7 Å². The molecule has 0 amide bonds. The zero-order chi connectivity index (χ0) is 15.4. The summed E-state index contributed by atoms with van der Waals surface area (Å²) in [4.78, 5) is 24.7. The first-order valence-electron chi connectivity index (χ1n) is 7.05. The van der Waals surface area contributed by atoms with Gasteiger partial charge in [0.05, 0.1) is 10.9 Å². The van der Waals surface area contributed by atoms with Gasteiger partial charge in [0, 0.05) is 12.0 Å². The van der Waals surface area contributed by atoms with Crippen LogP contribution in [0.3, 0.4) is 0 Å². The normalized spacial score (nSPS) is 14.5. The Balaban J connectivity index is 2.29. The Hall–Kier alpha value is -2.82. The van der Waals surface area contributed by atoms with Gasteiger partial charge in [-0.05, 0) is 25.0 Å². The molecule has 0 atom stereocenters. The fourth-order valence-electron chi connectivity index (χ4n) is 3.14. The maximum absolute atomic E-state index is 12.6. The standard InChI is InChI=1S/C17H12O5/c18-10-6-3-5-9-12(10)16(21)17-13(15(9)20)14(19)8-4-1-2-7-11(8)22-17/h1-2,4,7,20-21H,3,5-6H2. The maximum Gasteiger partial charge on any atom is 0.204 e. The summed E-state index contributed by atoms with van der Waals surface area (Å²) in [6.07, 6.45) is 1.34. The number of phenolic OH excluding ortho intramolecular Hbond substituents is 2. The second kappa shape index (κ2) is 4.34. The monoisotopic (exact) mass is 296 g/mol. The van der Waals surface area contributed by atoms with Crippen molar-refractivity contribution in [2.45, 2.75) is 19.3 Å². The second-order valence-corrected chi connectivity index (χ2v) is 5.46. The van der Waals surface area contributed by atoms with Crippen LogP contribution in [-0.2, 0) is 6.42 Å². The van der Waals surface area contributed by atoms with Gasteiger partial charge in [-0.1, -0.05) is 12.1 Å². The molecule has 4 rings (SSSR count). The van der Waals surface area contributed by atoms with Gasteiger partial charge < -0.3 is 14.6 Å². The van der Waals surface area contributed by atoms with Crippen LogP contribution in [0.2, 0.25) is 0 Å². The minimum absolute atomic E-state index is 0.0651. The number of rotatable bonds is 0. The van der Waals surface area contributed by atoms with Gasteiger partial charge in [0.2, 0.25) is 5.43 Å². The molecule has 1 aromatic heterocycles.